The number of imidazole rings is 1. The van der Waals surface area contributed by atoms with Crippen LogP contribution in [0.5, 0.6) is 0 Å². The first-order chi connectivity index (χ1) is 9.66. The van der Waals surface area contributed by atoms with Gasteiger partial charge < -0.3 is 10.3 Å². The highest BCUT2D eigenvalue weighted by molar-refractivity contribution is 9.10. The van der Waals surface area contributed by atoms with Crippen LogP contribution in [0.3, 0.4) is 0 Å². The Hall–Kier alpha value is -0.950. The molecule has 104 valence electrons. The Labute approximate surface area is 134 Å². The van der Waals surface area contributed by atoms with E-state index in [2.05, 4.69) is 48.4 Å². The lowest BCUT2D eigenvalue weighted by Crippen LogP contribution is -2.29. The summed E-state index contributed by atoms with van der Waals surface area (Å²) in [4.78, 5) is 6.91. The topological polar surface area (TPSA) is 43.8 Å². The van der Waals surface area contributed by atoms with Crippen LogP contribution in [-0.4, -0.2) is 15.6 Å². The van der Waals surface area contributed by atoms with Crippen molar-refractivity contribution in [1.29, 1.82) is 0 Å². The smallest absolute Gasteiger partial charge is 0.150 e. The van der Waals surface area contributed by atoms with Crippen LogP contribution >= 0.6 is 38.6 Å². The summed E-state index contributed by atoms with van der Waals surface area (Å²) >= 11 is 6.93. The summed E-state index contributed by atoms with van der Waals surface area (Å²) in [5, 5.41) is 4.16. The molecule has 0 saturated heterocycles. The Balaban J connectivity index is 2.07. The Morgan fingerprint density at radius 2 is 2.25 bits per heavy atom. The highest BCUT2D eigenvalue weighted by Crippen LogP contribution is 2.33. The van der Waals surface area contributed by atoms with Crippen molar-refractivity contribution >= 4 is 38.6 Å². The lowest BCUT2D eigenvalue weighted by atomic mass is 10.1. The van der Waals surface area contributed by atoms with Crippen molar-refractivity contribution in [2.24, 2.45) is 5.73 Å². The molecular weight excluding hydrogens is 354 g/mol. The van der Waals surface area contributed by atoms with Gasteiger partial charge in [-0.2, -0.15) is 0 Å². The lowest BCUT2D eigenvalue weighted by Gasteiger charge is -2.23. The third kappa shape index (κ3) is 2.61. The van der Waals surface area contributed by atoms with E-state index < -0.39 is 0 Å². The molecule has 6 heteroatoms. The van der Waals surface area contributed by atoms with Gasteiger partial charge in [0, 0.05) is 33.2 Å². The minimum absolute atomic E-state index is 0.00784. The average molecular weight is 368 g/mol. The van der Waals surface area contributed by atoms with Crippen LogP contribution in [0.1, 0.15) is 17.8 Å². The van der Waals surface area contributed by atoms with E-state index in [1.807, 2.05) is 25.4 Å². The number of nitrogens with two attached hydrogens (primary N) is 1. The lowest BCUT2D eigenvalue weighted by molar-refractivity contribution is 0.508. The van der Waals surface area contributed by atoms with Gasteiger partial charge in [0.1, 0.15) is 0 Å². The number of nitrogens with zero attached hydrogens (tertiary/aromatic N) is 2. The molecular formula is C14H14BrN3S2. The maximum absolute atomic E-state index is 6.24. The molecule has 2 unspecified atom stereocenters. The second kappa shape index (κ2) is 5.81. The molecule has 3 nitrogen and oxygen atoms in total. The van der Waals surface area contributed by atoms with E-state index in [0.29, 0.717) is 0 Å². The summed E-state index contributed by atoms with van der Waals surface area (Å²) in [6, 6.07) is 6.38. The first-order valence-corrected chi connectivity index (χ1v) is 8.78. The molecule has 0 saturated carbocycles. The molecule has 0 amide bonds. The van der Waals surface area contributed by atoms with Crippen molar-refractivity contribution in [1.82, 2.24) is 9.55 Å². The minimum atomic E-state index is 0.00784. The zero-order valence-corrected chi connectivity index (χ0v) is 14.1. The van der Waals surface area contributed by atoms with E-state index in [0.717, 1.165) is 15.2 Å². The van der Waals surface area contributed by atoms with Crippen LogP contribution in [0, 0.1) is 0 Å². The summed E-state index contributed by atoms with van der Waals surface area (Å²) < 4.78 is 3.27. The number of thiophene rings is 2. The van der Waals surface area contributed by atoms with Crippen molar-refractivity contribution in [2.75, 3.05) is 0 Å². The first-order valence-electron chi connectivity index (χ1n) is 6.23. The molecule has 0 spiro atoms. The summed E-state index contributed by atoms with van der Waals surface area (Å²) in [7, 11) is 0. The van der Waals surface area contributed by atoms with E-state index in [1.165, 1.54) is 4.88 Å². The molecule has 20 heavy (non-hydrogen) atoms. The van der Waals surface area contributed by atoms with Gasteiger partial charge in [-0.15, -0.1) is 22.7 Å². The molecule has 0 aromatic carbocycles. The third-order valence-electron chi connectivity index (χ3n) is 3.09. The molecule has 0 fully saturated rings. The summed E-state index contributed by atoms with van der Waals surface area (Å²) in [6.07, 6.45) is 3.85. The molecule has 2 N–H and O–H groups in total. The fourth-order valence-corrected chi connectivity index (χ4v) is 4.65. The summed E-state index contributed by atoms with van der Waals surface area (Å²) in [5.41, 5.74) is 6.24. The van der Waals surface area contributed by atoms with Gasteiger partial charge in [0.2, 0.25) is 0 Å². The fraction of sp³-hybridized carbons (Fsp3) is 0.214. The van der Waals surface area contributed by atoms with Crippen LogP contribution in [-0.2, 0) is 0 Å². The monoisotopic (exact) mass is 367 g/mol. The quantitative estimate of drug-likeness (QED) is 0.743. The van der Waals surface area contributed by atoms with Gasteiger partial charge in [0.15, 0.2) is 5.82 Å². The third-order valence-corrected chi connectivity index (χ3v) is 5.72. The molecule has 3 rings (SSSR count). The van der Waals surface area contributed by atoms with E-state index in [-0.39, 0.29) is 12.1 Å². The second-order valence-electron chi connectivity index (χ2n) is 4.61. The van der Waals surface area contributed by atoms with Gasteiger partial charge in [-0.3, -0.25) is 0 Å². The molecule has 0 aliphatic carbocycles. The maximum Gasteiger partial charge on any atom is 0.150 e. The SMILES string of the molecule is CC(N)C(c1cc(Br)cs1)n1ccnc1-c1cccs1. The number of halogens is 1. The second-order valence-corrected chi connectivity index (χ2v) is 7.41. The molecule has 2 atom stereocenters. The van der Waals surface area contributed by atoms with Gasteiger partial charge in [0.25, 0.3) is 0 Å². The van der Waals surface area contributed by atoms with Gasteiger partial charge in [0.05, 0.1) is 10.9 Å². The Morgan fingerprint density at radius 3 is 2.85 bits per heavy atom. The summed E-state index contributed by atoms with van der Waals surface area (Å²) in [6.45, 7) is 2.04. The van der Waals surface area contributed by atoms with Crippen LogP contribution in [0.4, 0.5) is 0 Å². The van der Waals surface area contributed by atoms with Gasteiger partial charge in [-0.1, -0.05) is 6.07 Å². The fourth-order valence-electron chi connectivity index (χ4n) is 2.27. The normalized spacial score (nSPS) is 14.3. The average Bonchev–Trinajstić information content (AvgIpc) is 3.10. The van der Waals surface area contributed by atoms with Gasteiger partial charge >= 0.3 is 0 Å². The van der Waals surface area contributed by atoms with Crippen molar-refractivity contribution < 1.29 is 0 Å². The van der Waals surface area contributed by atoms with Gasteiger partial charge in [-0.05, 0) is 40.4 Å². The largest absolute Gasteiger partial charge is 0.326 e. The van der Waals surface area contributed by atoms with E-state index in [9.17, 15) is 0 Å². The molecule has 0 radical (unpaired) electrons. The standard InChI is InChI=1S/C14H14BrN3S2/c1-9(16)13(12-7-10(15)8-20-12)18-5-4-17-14(18)11-3-2-6-19-11/h2-9,13H,16H2,1H3. The molecule has 0 bridgehead atoms. The van der Waals surface area contributed by atoms with E-state index in [4.69, 9.17) is 5.73 Å². The van der Waals surface area contributed by atoms with Crippen LogP contribution in [0.25, 0.3) is 10.7 Å². The zero-order chi connectivity index (χ0) is 14.1. The number of hydrogen-bond acceptors (Lipinski definition) is 4. The van der Waals surface area contributed by atoms with E-state index >= 15 is 0 Å². The van der Waals surface area contributed by atoms with Crippen molar-refractivity contribution in [3.63, 3.8) is 0 Å². The van der Waals surface area contributed by atoms with Crippen LogP contribution in [0.2, 0.25) is 0 Å². The van der Waals surface area contributed by atoms with Gasteiger partial charge in [-0.25, -0.2) is 4.98 Å². The Bertz CT molecular complexity index is 685. The molecule has 3 heterocycles. The Morgan fingerprint density at radius 1 is 1.40 bits per heavy atom. The number of hydrogen-bond donors (Lipinski definition) is 1. The number of rotatable bonds is 4. The molecule has 0 aliphatic heterocycles. The predicted octanol–water partition coefficient (Wildman–Crippen LogP) is 4.37. The minimum Gasteiger partial charge on any atom is -0.326 e. The molecule has 3 aromatic heterocycles. The van der Waals surface area contributed by atoms with Crippen molar-refractivity contribution in [3.8, 4) is 10.7 Å². The van der Waals surface area contributed by atoms with Crippen molar-refractivity contribution in [2.45, 2.75) is 19.0 Å². The highest BCUT2D eigenvalue weighted by Gasteiger charge is 2.23. The maximum atomic E-state index is 6.24. The summed E-state index contributed by atoms with van der Waals surface area (Å²) in [5.74, 6) is 0.979. The molecule has 0 aliphatic rings. The Kier molecular flexibility index (Phi) is 4.07. The predicted molar refractivity (Wildman–Crippen MR) is 89.3 cm³/mol. The van der Waals surface area contributed by atoms with E-state index in [1.54, 1.807) is 22.7 Å². The van der Waals surface area contributed by atoms with Crippen LogP contribution in [0.15, 0.2) is 45.8 Å². The number of aromatic nitrogens is 2. The first kappa shape index (κ1) is 14.0. The zero-order valence-electron chi connectivity index (χ0n) is 10.9. The highest BCUT2D eigenvalue weighted by atomic mass is 79.9. The molecule has 3 aromatic rings. The van der Waals surface area contributed by atoms with Crippen molar-refractivity contribution in [3.05, 3.63) is 50.7 Å². The van der Waals surface area contributed by atoms with Crippen LogP contribution < -0.4 is 5.73 Å².